The van der Waals surface area contributed by atoms with Gasteiger partial charge >= 0.3 is 0 Å². The average Bonchev–Trinajstić information content (AvgIpc) is 2.49. The normalized spacial score (nSPS) is 15.3. The number of amides is 1. The van der Waals surface area contributed by atoms with E-state index in [1.54, 1.807) is 0 Å². The molecular formula is C18H27NO2. The molecule has 1 heterocycles. The Bertz CT molecular complexity index is 476. The van der Waals surface area contributed by atoms with Crippen molar-refractivity contribution in [1.82, 2.24) is 4.90 Å². The highest BCUT2D eigenvalue weighted by Gasteiger charge is 2.17. The molecule has 0 atom stereocenters. The zero-order chi connectivity index (χ0) is 15.2. The number of likely N-dealkylation sites (tertiary alicyclic amines) is 1. The monoisotopic (exact) mass is 289 g/mol. The molecule has 0 saturated carbocycles. The van der Waals surface area contributed by atoms with Gasteiger partial charge in [0.1, 0.15) is 5.75 Å². The second kappa shape index (κ2) is 7.48. The minimum atomic E-state index is 0.258. The maximum atomic E-state index is 12.4. The smallest absolute Gasteiger partial charge is 0.226 e. The first-order chi connectivity index (χ1) is 10.1. The summed E-state index contributed by atoms with van der Waals surface area (Å²) < 4.78 is 5.68. The second-order valence-corrected chi connectivity index (χ2v) is 6.08. The van der Waals surface area contributed by atoms with Crippen LogP contribution in [0.1, 0.15) is 57.1 Å². The van der Waals surface area contributed by atoms with Crippen molar-refractivity contribution in [3.05, 3.63) is 29.3 Å². The van der Waals surface area contributed by atoms with Gasteiger partial charge in [-0.3, -0.25) is 4.79 Å². The van der Waals surface area contributed by atoms with Gasteiger partial charge in [-0.25, -0.2) is 0 Å². The van der Waals surface area contributed by atoms with Crippen LogP contribution < -0.4 is 4.74 Å². The zero-order valence-electron chi connectivity index (χ0n) is 13.5. The van der Waals surface area contributed by atoms with Crippen molar-refractivity contribution in [2.24, 2.45) is 0 Å². The number of ether oxygens (including phenoxy) is 1. The van der Waals surface area contributed by atoms with Crippen molar-refractivity contribution < 1.29 is 9.53 Å². The predicted octanol–water partition coefficient (Wildman–Crippen LogP) is 3.76. The van der Waals surface area contributed by atoms with E-state index >= 15 is 0 Å². The molecule has 1 aromatic carbocycles. The third kappa shape index (κ3) is 4.23. The summed E-state index contributed by atoms with van der Waals surface area (Å²) >= 11 is 0. The Labute approximate surface area is 128 Å². The van der Waals surface area contributed by atoms with Gasteiger partial charge in [0.2, 0.25) is 5.91 Å². The summed E-state index contributed by atoms with van der Waals surface area (Å²) in [5.41, 5.74) is 2.29. The van der Waals surface area contributed by atoms with E-state index in [9.17, 15) is 4.79 Å². The molecule has 116 valence electrons. The van der Waals surface area contributed by atoms with E-state index in [1.165, 1.54) is 12.0 Å². The van der Waals surface area contributed by atoms with E-state index in [4.69, 9.17) is 4.74 Å². The quantitative estimate of drug-likeness (QED) is 0.826. The van der Waals surface area contributed by atoms with Crippen LogP contribution in [0.5, 0.6) is 5.75 Å². The van der Waals surface area contributed by atoms with Crippen LogP contribution in [0, 0.1) is 0 Å². The SMILES string of the molecule is CCOc1ccc(CC(=O)N2CCCCC2)cc1C(C)C. The maximum Gasteiger partial charge on any atom is 0.226 e. The summed E-state index contributed by atoms with van der Waals surface area (Å²) in [5.74, 6) is 1.60. The fraction of sp³-hybridized carbons (Fsp3) is 0.611. The first-order valence-corrected chi connectivity index (χ1v) is 8.15. The van der Waals surface area contributed by atoms with Crippen LogP contribution in [-0.2, 0) is 11.2 Å². The first-order valence-electron chi connectivity index (χ1n) is 8.15. The molecule has 1 aliphatic rings. The van der Waals surface area contributed by atoms with Crippen LogP contribution in [0.2, 0.25) is 0 Å². The number of hydrogen-bond acceptors (Lipinski definition) is 2. The second-order valence-electron chi connectivity index (χ2n) is 6.08. The Hall–Kier alpha value is -1.51. The number of benzene rings is 1. The van der Waals surface area contributed by atoms with E-state index in [0.29, 0.717) is 18.9 Å². The molecule has 3 nitrogen and oxygen atoms in total. The van der Waals surface area contributed by atoms with Gasteiger partial charge < -0.3 is 9.64 Å². The fourth-order valence-corrected chi connectivity index (χ4v) is 2.88. The molecule has 0 unspecified atom stereocenters. The summed E-state index contributed by atoms with van der Waals surface area (Å²) in [4.78, 5) is 14.4. The minimum Gasteiger partial charge on any atom is -0.494 e. The van der Waals surface area contributed by atoms with Crippen molar-refractivity contribution in [3.8, 4) is 5.75 Å². The lowest BCUT2D eigenvalue weighted by Gasteiger charge is -2.27. The van der Waals surface area contributed by atoms with E-state index in [1.807, 2.05) is 24.0 Å². The Morgan fingerprint density at radius 1 is 1.24 bits per heavy atom. The molecule has 1 amide bonds. The number of hydrogen-bond donors (Lipinski definition) is 0. The van der Waals surface area contributed by atoms with Gasteiger partial charge in [-0.15, -0.1) is 0 Å². The van der Waals surface area contributed by atoms with Gasteiger partial charge in [-0.1, -0.05) is 26.0 Å². The van der Waals surface area contributed by atoms with E-state index in [2.05, 4.69) is 19.9 Å². The van der Waals surface area contributed by atoms with Crippen molar-refractivity contribution in [3.63, 3.8) is 0 Å². The fourth-order valence-electron chi connectivity index (χ4n) is 2.88. The Balaban J connectivity index is 2.09. The van der Waals surface area contributed by atoms with Crippen molar-refractivity contribution in [2.75, 3.05) is 19.7 Å². The molecule has 0 bridgehead atoms. The molecular weight excluding hydrogens is 262 g/mol. The lowest BCUT2D eigenvalue weighted by atomic mass is 9.98. The number of carbonyl (C=O) groups excluding carboxylic acids is 1. The molecule has 0 N–H and O–H groups in total. The Morgan fingerprint density at radius 3 is 2.57 bits per heavy atom. The number of piperidine rings is 1. The lowest BCUT2D eigenvalue weighted by Crippen LogP contribution is -2.36. The van der Waals surface area contributed by atoms with Crippen LogP contribution >= 0.6 is 0 Å². The van der Waals surface area contributed by atoms with Crippen LogP contribution in [0.25, 0.3) is 0 Å². The summed E-state index contributed by atoms with van der Waals surface area (Å²) in [6, 6.07) is 6.17. The van der Waals surface area contributed by atoms with Crippen LogP contribution in [0.4, 0.5) is 0 Å². The topological polar surface area (TPSA) is 29.5 Å². The van der Waals surface area contributed by atoms with Gasteiger partial charge in [0.15, 0.2) is 0 Å². The summed E-state index contributed by atoms with van der Waals surface area (Å²) in [5, 5.41) is 0. The van der Waals surface area contributed by atoms with Crippen LogP contribution in [-0.4, -0.2) is 30.5 Å². The highest BCUT2D eigenvalue weighted by molar-refractivity contribution is 5.79. The molecule has 0 radical (unpaired) electrons. The predicted molar refractivity (Wildman–Crippen MR) is 85.8 cm³/mol. The first kappa shape index (κ1) is 15.9. The van der Waals surface area contributed by atoms with Crippen molar-refractivity contribution in [1.29, 1.82) is 0 Å². The van der Waals surface area contributed by atoms with Gasteiger partial charge in [0.05, 0.1) is 13.0 Å². The average molecular weight is 289 g/mol. The van der Waals surface area contributed by atoms with Gasteiger partial charge in [0, 0.05) is 13.1 Å². The molecule has 0 aliphatic carbocycles. The van der Waals surface area contributed by atoms with E-state index < -0.39 is 0 Å². The third-order valence-corrected chi connectivity index (χ3v) is 4.06. The highest BCUT2D eigenvalue weighted by Crippen LogP contribution is 2.28. The van der Waals surface area contributed by atoms with Gasteiger partial charge in [0.25, 0.3) is 0 Å². The third-order valence-electron chi connectivity index (χ3n) is 4.06. The number of carbonyl (C=O) groups is 1. The van der Waals surface area contributed by atoms with E-state index in [-0.39, 0.29) is 5.91 Å². The molecule has 0 spiro atoms. The number of nitrogens with zero attached hydrogens (tertiary/aromatic N) is 1. The molecule has 0 aromatic heterocycles. The van der Waals surface area contributed by atoms with Crippen molar-refractivity contribution in [2.45, 2.75) is 52.4 Å². The van der Waals surface area contributed by atoms with Crippen LogP contribution in [0.3, 0.4) is 0 Å². The van der Waals surface area contributed by atoms with E-state index in [0.717, 1.165) is 37.2 Å². The largest absolute Gasteiger partial charge is 0.494 e. The molecule has 1 fully saturated rings. The number of rotatable bonds is 5. The molecule has 21 heavy (non-hydrogen) atoms. The van der Waals surface area contributed by atoms with Crippen LogP contribution in [0.15, 0.2) is 18.2 Å². The molecule has 1 aliphatic heterocycles. The Kier molecular flexibility index (Phi) is 5.66. The van der Waals surface area contributed by atoms with Crippen molar-refractivity contribution >= 4 is 5.91 Å². The highest BCUT2D eigenvalue weighted by atomic mass is 16.5. The molecule has 2 rings (SSSR count). The minimum absolute atomic E-state index is 0.258. The summed E-state index contributed by atoms with van der Waals surface area (Å²) in [6.07, 6.45) is 4.05. The molecule has 1 saturated heterocycles. The summed E-state index contributed by atoms with van der Waals surface area (Å²) in [6.45, 7) is 8.84. The zero-order valence-corrected chi connectivity index (χ0v) is 13.5. The Morgan fingerprint density at radius 2 is 1.95 bits per heavy atom. The van der Waals surface area contributed by atoms with Gasteiger partial charge in [-0.05, 0) is 49.3 Å². The standard InChI is InChI=1S/C18H27NO2/c1-4-21-17-9-8-15(12-16(17)14(2)3)13-18(20)19-10-6-5-7-11-19/h8-9,12,14H,4-7,10-11,13H2,1-3H3. The maximum absolute atomic E-state index is 12.4. The van der Waals surface area contributed by atoms with Gasteiger partial charge in [-0.2, -0.15) is 0 Å². The lowest BCUT2D eigenvalue weighted by molar-refractivity contribution is -0.131. The summed E-state index contributed by atoms with van der Waals surface area (Å²) in [7, 11) is 0. The molecule has 1 aromatic rings. The molecule has 3 heteroatoms.